The molecule has 50 heteroatoms. The van der Waals surface area contributed by atoms with Gasteiger partial charge in [-0.2, -0.15) is 44.3 Å². The van der Waals surface area contributed by atoms with Gasteiger partial charge in [0.05, 0.1) is 176 Å². The number of amides is 2. The summed E-state index contributed by atoms with van der Waals surface area (Å²) in [4.78, 5) is 12.3. The molecule has 9 aromatic rings. The molecule has 7 aliphatic heterocycles. The van der Waals surface area contributed by atoms with Gasteiger partial charge in [0.25, 0.3) is 10.0 Å². The van der Waals surface area contributed by atoms with Crippen molar-refractivity contribution < 1.29 is 102 Å². The number of carbonyl (C=O) groups is 1. The molecular weight excluding hydrogens is 1960 g/mol. The molecule has 4 aliphatic carbocycles. The van der Waals surface area contributed by atoms with Crippen molar-refractivity contribution in [3.63, 3.8) is 0 Å². The summed E-state index contributed by atoms with van der Waals surface area (Å²) in [5, 5.41) is 48.7. The van der Waals surface area contributed by atoms with Gasteiger partial charge >= 0.3 is 40.9 Å². The summed E-state index contributed by atoms with van der Waals surface area (Å²) in [6.45, 7) is 13.7. The van der Waals surface area contributed by atoms with Crippen molar-refractivity contribution in [3.8, 4) is 47.1 Å². The van der Waals surface area contributed by atoms with E-state index in [1.165, 1.54) is 130 Å². The SMILES string of the molecule is C.C1CCOC1.CC#N.COCC1COc2c(Br)cnn2C1.COCC1COc2c(S(=O)(=O)NC(=O)Nc3c4c(cc5c3CCC5)CCC4)cnn2C1.COCC1COc2c(S(=O)(=O)Oc3c(Cl)cc(Cl)cc3Cl)cnn2C1.COCC1COc2c(S(N)(=O)=O)cnn2C1.COCC1COc2ccnn2C1.N.Nc1c2c(cc3c1CCC3)CCC2.O.OCC1COc2ccnn2C1.[B]=NS. The van der Waals surface area contributed by atoms with Crippen molar-refractivity contribution in [3.05, 3.63) is 138 Å². The second kappa shape index (κ2) is 53.9. The molecule has 11 aliphatic rings. The number of hydrogen-bond donors (Lipinski definition) is 7. The van der Waals surface area contributed by atoms with Crippen molar-refractivity contribution in [1.82, 2.24) is 69.6 Å². The van der Waals surface area contributed by atoms with Crippen molar-refractivity contribution in [2.24, 2.45) is 44.9 Å². The molecule has 6 aromatic heterocycles. The first kappa shape index (κ1) is 111. The Morgan fingerprint density at radius 1 is 0.556 bits per heavy atom. The summed E-state index contributed by atoms with van der Waals surface area (Å²) in [5.74, 6) is 4.13. The Kier molecular flexibility index (Phi) is 44.5. The molecule has 743 valence electrons. The van der Waals surface area contributed by atoms with Gasteiger partial charge in [0.1, 0.15) is 0 Å². The monoisotopic (exact) mass is 2080 g/mol. The number of ether oxygens (including phenoxy) is 12. The number of aromatic nitrogens is 12. The number of aliphatic hydroxyl groups is 1. The van der Waals surface area contributed by atoms with E-state index in [0.717, 1.165) is 142 Å². The number of primary sulfonamides is 1. The number of methoxy groups -OCH3 is 5. The van der Waals surface area contributed by atoms with Crippen molar-refractivity contribution in [1.29, 1.82) is 5.26 Å². The Morgan fingerprint density at radius 3 is 1.31 bits per heavy atom. The third-order valence-corrected chi connectivity index (χ3v) is 27.0. The number of thiol groups is 1. The third kappa shape index (κ3) is 30.1. The van der Waals surface area contributed by atoms with E-state index < -0.39 is 36.2 Å². The van der Waals surface area contributed by atoms with Crippen LogP contribution in [0.3, 0.4) is 0 Å². The zero-order valence-corrected chi connectivity index (χ0v) is 82.6. The van der Waals surface area contributed by atoms with Crippen LogP contribution in [0.4, 0.5) is 16.2 Å². The van der Waals surface area contributed by atoms with Crippen LogP contribution in [0.15, 0.2) is 97.0 Å². The number of anilines is 2. The van der Waals surface area contributed by atoms with Gasteiger partial charge in [0.2, 0.25) is 45.3 Å². The quantitative estimate of drug-likeness (QED) is 0.0182. The number of fused-ring (bicyclic) bond motifs is 10. The number of aryl methyl sites for hydroxylation is 4. The minimum atomic E-state index is -4.25. The van der Waals surface area contributed by atoms with Gasteiger partial charge in [0, 0.05) is 120 Å². The molecule has 2 amide bonds. The van der Waals surface area contributed by atoms with Gasteiger partial charge < -0.3 is 88.8 Å². The molecule has 41 nitrogen and oxygen atoms in total. The van der Waals surface area contributed by atoms with Crippen LogP contribution in [0, 0.1) is 46.8 Å². The molecule has 0 saturated carbocycles. The predicted molar refractivity (Wildman–Crippen MR) is 511 cm³/mol. The Hall–Kier alpha value is -8.91. The van der Waals surface area contributed by atoms with Gasteiger partial charge in [-0.05, 0) is 162 Å². The van der Waals surface area contributed by atoms with E-state index in [1.54, 1.807) is 64.9 Å². The molecule has 6 unspecified atom stereocenters. The van der Waals surface area contributed by atoms with Crippen molar-refractivity contribution in [2.45, 2.75) is 158 Å². The number of halogens is 4. The predicted octanol–water partition coefficient (Wildman–Crippen LogP) is 9.93. The van der Waals surface area contributed by atoms with E-state index in [0.29, 0.717) is 84.3 Å². The standard InChI is InChI=1S/C21H26N4O5S.C14H13Cl3N2O5S.C12H15N.C8H11BrN2O2.C8H13N3O4S.C8H12N2O2.C7H10N2O2.C4H8O.C2H3N.CH4.BHNS.H3N.H2O/c1-29-11-13-10-25-20(30-12-13)18(9-22-25)31(27,28)24-21(26)23-19-16-6-2-4-14(16)8-15-5-3-7-17(15)19;1-22-6-8-5-19-14(23-7-8)12(4-18-19)25(20,21)24-13-10(16)2-9(15)3-11(13)17;13-12-10-5-1-3-8(10)7-9-4-2-6-11(9)12;1-12-4-6-3-11-8(13-5-6)7(9)2-10-11;1-14-4-6-3-11-8(15-5-6)7(2-10-11)16(9,12)13;1-11-5-7-4-10-8(12-6-7)2-3-9-10;10-4-6-3-9-7(11-5-6)1-2-8-9;1-2-4-5-3-1;1-2-3;;1-2-3;;/h8-9,13H,2-7,10-12H2,1H3,(H2,23,24,26);2-4,8H,5-7H2,1H3;7H,1-6,13H2;2,6H,3-5H2,1H3;2,6H,3-5H2,1H3,(H2,9,12,13);2-3,7H,4-6H2,1H3;1-2,6,10H,3-5H2;1-4H2;1H3;1H4;3H;1H3;1H2. The summed E-state index contributed by atoms with van der Waals surface area (Å²) < 4.78 is 157. The fourth-order valence-electron chi connectivity index (χ4n) is 16.4. The van der Waals surface area contributed by atoms with Gasteiger partial charge in [0.15, 0.2) is 20.4 Å². The van der Waals surface area contributed by atoms with Crippen LogP contribution in [0.25, 0.3) is 0 Å². The number of urea groups is 1. The molecule has 1 saturated heterocycles. The number of nitrogens with zero attached hydrogens (tertiary/aromatic N) is 14. The first-order valence-corrected chi connectivity index (χ1v) is 49.6. The molecule has 1 radical (unpaired) electrons. The van der Waals surface area contributed by atoms with Crippen LogP contribution >= 0.6 is 63.5 Å². The number of nitrogens with one attached hydrogen (secondary N) is 2. The first-order valence-electron chi connectivity index (χ1n) is 42.8. The molecular formula is C85H121BBrCl3N19O22S4. The van der Waals surface area contributed by atoms with Crippen molar-refractivity contribution in [2.75, 3.05) is 139 Å². The maximum atomic E-state index is 12.9. The number of carbonyl (C=O) groups excluding carboxylic acids is 1. The molecule has 135 heavy (non-hydrogen) atoms. The Morgan fingerprint density at radius 2 is 0.904 bits per heavy atom. The average Bonchev–Trinajstić information content (AvgIpc) is 1.65. The number of hydrogen-bond acceptors (Lipinski definition) is 32. The second-order valence-corrected chi connectivity index (χ2v) is 39.2. The Balaban J connectivity index is 0.000000195. The number of aliphatic hydroxyl groups excluding tert-OH is 1. The van der Waals surface area contributed by atoms with E-state index in [4.69, 9.17) is 117 Å². The van der Waals surface area contributed by atoms with E-state index in [1.807, 2.05) is 21.5 Å². The zero-order chi connectivity index (χ0) is 94.7. The van der Waals surface area contributed by atoms with E-state index in [-0.39, 0.29) is 102 Å². The van der Waals surface area contributed by atoms with Crippen LogP contribution in [0.2, 0.25) is 15.1 Å². The summed E-state index contributed by atoms with van der Waals surface area (Å²) in [7, 11) is 0.385. The normalized spacial score (nSPS) is 18.6. The first-order chi connectivity index (χ1) is 63.6. The molecule has 12 N–H and O–H groups in total. The molecule has 6 atom stereocenters. The summed E-state index contributed by atoms with van der Waals surface area (Å²) >= 11 is 24.3. The van der Waals surface area contributed by atoms with Crippen molar-refractivity contribution >= 4 is 119 Å². The van der Waals surface area contributed by atoms with Gasteiger partial charge in [-0.3, -0.25) is 0 Å². The second-order valence-electron chi connectivity index (χ2n) is 32.2. The molecule has 0 spiro atoms. The fraction of sp³-hybridized carbons (Fsp3) is 0.553. The Labute approximate surface area is 816 Å². The molecule has 3 aromatic carbocycles. The maximum absolute atomic E-state index is 12.9. The number of nitrogen functional groups attached to an aromatic ring is 1. The molecule has 20 rings (SSSR count). The Bertz CT molecular complexity index is 5650. The fourth-order valence-corrected chi connectivity index (χ4v) is 20.4. The van der Waals surface area contributed by atoms with Gasteiger partial charge in [-0.25, -0.2) is 59.6 Å². The number of benzene rings is 3. The summed E-state index contributed by atoms with van der Waals surface area (Å²) in [6.07, 6.45) is 24.8. The van der Waals surface area contributed by atoms with Crippen LogP contribution in [0.1, 0.15) is 97.4 Å². The van der Waals surface area contributed by atoms with E-state index >= 15 is 0 Å². The number of nitriles is 1. The number of rotatable bonds is 18. The third-order valence-electron chi connectivity index (χ3n) is 22.3. The summed E-state index contributed by atoms with van der Waals surface area (Å²) in [5.41, 5.74) is 19.0. The van der Waals surface area contributed by atoms with Crippen LogP contribution in [-0.2, 0) is 149 Å². The van der Waals surface area contributed by atoms with Crippen LogP contribution < -0.4 is 59.7 Å². The molecule has 13 heterocycles. The van der Waals surface area contributed by atoms with Crippen LogP contribution in [-0.4, -0.2) is 236 Å². The molecule has 1 fully saturated rings. The van der Waals surface area contributed by atoms with E-state index in [9.17, 15) is 30.0 Å². The number of nitrogens with two attached hydrogens (primary N) is 2. The summed E-state index contributed by atoms with van der Waals surface area (Å²) in [6, 6.07) is 12.0. The van der Waals surface area contributed by atoms with E-state index in [2.05, 4.69) is 93.4 Å². The average molecular weight is 2090 g/mol. The van der Waals surface area contributed by atoms with Crippen LogP contribution in [0.5, 0.6) is 41.0 Å². The number of sulfonamides is 2. The van der Waals surface area contributed by atoms with Gasteiger partial charge in [-0.1, -0.05) is 54.4 Å². The van der Waals surface area contributed by atoms with Gasteiger partial charge in [-0.15, -0.1) is 0 Å². The topological polar surface area (TPSA) is 545 Å². The minimum absolute atomic E-state index is 0. The molecule has 0 bridgehead atoms. The zero-order valence-electron chi connectivity index (χ0n) is 75.4.